The minimum absolute atomic E-state index is 0.163. The maximum atomic E-state index is 12.5. The van der Waals surface area contributed by atoms with Gasteiger partial charge in [-0.25, -0.2) is 0 Å². The molecule has 1 fully saturated rings. The normalized spacial score (nSPS) is 15.4. The van der Waals surface area contributed by atoms with Crippen LogP contribution in [0.2, 0.25) is 0 Å². The van der Waals surface area contributed by atoms with Crippen molar-refractivity contribution in [3.05, 3.63) is 29.7 Å². The molecule has 1 heterocycles. The van der Waals surface area contributed by atoms with Crippen LogP contribution in [0.3, 0.4) is 0 Å². The lowest BCUT2D eigenvalue weighted by Crippen LogP contribution is -2.35. The van der Waals surface area contributed by atoms with Crippen molar-refractivity contribution in [3.63, 3.8) is 0 Å². The van der Waals surface area contributed by atoms with Gasteiger partial charge in [-0.15, -0.1) is 6.42 Å². The van der Waals surface area contributed by atoms with E-state index >= 15 is 0 Å². The van der Waals surface area contributed by atoms with Crippen LogP contribution >= 0.6 is 56.9 Å². The maximum Gasteiger partial charge on any atom is 0.326 e. The van der Waals surface area contributed by atoms with Crippen LogP contribution in [0.15, 0.2) is 17.0 Å². The molecular weight excluding hydrogens is 596 g/mol. The van der Waals surface area contributed by atoms with Crippen molar-refractivity contribution in [2.45, 2.75) is 20.0 Å². The Morgan fingerprint density at radius 3 is 2.52 bits per heavy atom. The molecule has 2 amide bonds. The molecule has 0 atom stereocenters. The lowest BCUT2D eigenvalue weighted by atomic mass is 10.2. The van der Waals surface area contributed by atoms with Gasteiger partial charge in [0.05, 0.1) is 18.1 Å². The number of ether oxygens (including phenoxy) is 2. The van der Waals surface area contributed by atoms with Crippen molar-refractivity contribution in [1.82, 2.24) is 4.90 Å². The van der Waals surface area contributed by atoms with E-state index in [4.69, 9.17) is 15.9 Å². The molecule has 9 heteroatoms. The average Bonchev–Trinajstić information content (AvgIpc) is 2.81. The molecule has 0 aliphatic carbocycles. The SMILES string of the molecule is C#CCOc1c(I)cc(/C=C2/SC(=O)N(CC(=O)OC(C)C)C2=O)cc1I. The zero-order valence-corrected chi connectivity index (χ0v) is 19.6. The van der Waals surface area contributed by atoms with Gasteiger partial charge in [0.1, 0.15) is 18.9 Å². The predicted octanol–water partition coefficient (Wildman–Crippen LogP) is 3.90. The number of benzene rings is 1. The summed E-state index contributed by atoms with van der Waals surface area (Å²) in [6.07, 6.45) is 6.52. The summed E-state index contributed by atoms with van der Waals surface area (Å²) in [6.45, 7) is 3.17. The first-order valence-corrected chi connectivity index (χ1v) is 10.7. The van der Waals surface area contributed by atoms with E-state index in [2.05, 4.69) is 51.1 Å². The first-order valence-electron chi connectivity index (χ1n) is 7.73. The largest absolute Gasteiger partial charge is 0.479 e. The zero-order chi connectivity index (χ0) is 20.1. The molecule has 1 aliphatic rings. The number of carbonyl (C=O) groups excluding carboxylic acids is 3. The Labute approximate surface area is 188 Å². The van der Waals surface area contributed by atoms with E-state index in [0.717, 1.165) is 29.4 Å². The number of thioether (sulfide) groups is 1. The fourth-order valence-electron chi connectivity index (χ4n) is 2.13. The van der Waals surface area contributed by atoms with Gasteiger partial charge in [-0.3, -0.25) is 19.3 Å². The Kier molecular flexibility index (Phi) is 7.99. The molecule has 6 nitrogen and oxygen atoms in total. The molecule has 1 aliphatic heterocycles. The number of esters is 1. The molecule has 1 aromatic rings. The fraction of sp³-hybridized carbons (Fsp3) is 0.278. The van der Waals surface area contributed by atoms with Gasteiger partial charge in [0.15, 0.2) is 0 Å². The third-order valence-corrected chi connectivity index (χ3v) is 5.66. The highest BCUT2D eigenvalue weighted by Crippen LogP contribution is 2.34. The molecule has 0 radical (unpaired) electrons. The van der Waals surface area contributed by atoms with E-state index in [-0.39, 0.29) is 17.6 Å². The summed E-state index contributed by atoms with van der Waals surface area (Å²) in [5, 5.41) is -0.495. The number of halogens is 2. The van der Waals surface area contributed by atoms with Crippen molar-refractivity contribution in [3.8, 4) is 18.1 Å². The highest BCUT2D eigenvalue weighted by Gasteiger charge is 2.36. The maximum absolute atomic E-state index is 12.5. The third kappa shape index (κ3) is 5.86. The third-order valence-electron chi connectivity index (χ3n) is 3.15. The lowest BCUT2D eigenvalue weighted by molar-refractivity contribution is -0.149. The Hall–Kier alpha value is -1.26. The van der Waals surface area contributed by atoms with Crippen molar-refractivity contribution in [1.29, 1.82) is 0 Å². The quantitative estimate of drug-likeness (QED) is 0.211. The molecular formula is C18H15I2NO5S. The second-order valence-electron chi connectivity index (χ2n) is 5.61. The van der Waals surface area contributed by atoms with Gasteiger partial charge < -0.3 is 9.47 Å². The van der Waals surface area contributed by atoms with Crippen LogP contribution in [-0.2, 0) is 14.3 Å². The first-order chi connectivity index (χ1) is 12.7. The van der Waals surface area contributed by atoms with Crippen molar-refractivity contribution in [2.75, 3.05) is 13.2 Å². The van der Waals surface area contributed by atoms with E-state index in [1.807, 2.05) is 12.1 Å². The molecule has 0 unspecified atom stereocenters. The summed E-state index contributed by atoms with van der Waals surface area (Å²) in [6, 6.07) is 3.66. The zero-order valence-electron chi connectivity index (χ0n) is 14.5. The number of amides is 2. The Morgan fingerprint density at radius 2 is 1.96 bits per heavy atom. The number of hydrogen-bond donors (Lipinski definition) is 0. The van der Waals surface area contributed by atoms with Crippen molar-refractivity contribution in [2.24, 2.45) is 0 Å². The van der Waals surface area contributed by atoms with Gasteiger partial charge in [0.25, 0.3) is 11.1 Å². The lowest BCUT2D eigenvalue weighted by Gasteiger charge is -2.13. The molecule has 0 saturated carbocycles. The number of terminal acetylenes is 1. The van der Waals surface area contributed by atoms with Gasteiger partial charge in [0, 0.05) is 0 Å². The van der Waals surface area contributed by atoms with Crippen molar-refractivity contribution < 1.29 is 23.9 Å². The monoisotopic (exact) mass is 611 g/mol. The standard InChI is InChI=1S/C18H15I2NO5S/c1-4-5-25-16-12(19)6-11(7-13(16)20)8-14-17(23)21(18(24)27-14)9-15(22)26-10(2)3/h1,6-8,10H,5,9H2,2-3H3/b14-8+. The van der Waals surface area contributed by atoms with Gasteiger partial charge in [-0.1, -0.05) is 5.92 Å². The summed E-state index contributed by atoms with van der Waals surface area (Å²) in [5.74, 6) is 1.97. The number of rotatable bonds is 6. The Bertz CT molecular complexity index is 837. The number of hydrogen-bond acceptors (Lipinski definition) is 6. The molecule has 2 rings (SSSR count). The van der Waals surface area contributed by atoms with Crippen LogP contribution < -0.4 is 4.74 Å². The molecule has 0 spiro atoms. The van der Waals surface area contributed by atoms with Gasteiger partial charge in [-0.05, 0) is 94.6 Å². The van der Waals surface area contributed by atoms with E-state index in [0.29, 0.717) is 5.75 Å². The van der Waals surface area contributed by atoms with Gasteiger partial charge in [-0.2, -0.15) is 0 Å². The number of nitrogens with zero attached hydrogens (tertiary/aromatic N) is 1. The summed E-state index contributed by atoms with van der Waals surface area (Å²) < 4.78 is 12.2. The number of imide groups is 1. The first kappa shape index (κ1) is 22.0. The molecule has 0 aromatic heterocycles. The molecule has 142 valence electrons. The van der Waals surface area contributed by atoms with Crippen LogP contribution in [0.1, 0.15) is 19.4 Å². The average molecular weight is 611 g/mol. The highest BCUT2D eigenvalue weighted by atomic mass is 127. The number of carbonyl (C=O) groups is 3. The van der Waals surface area contributed by atoms with E-state index in [1.54, 1.807) is 19.9 Å². The van der Waals surface area contributed by atoms with E-state index in [1.165, 1.54) is 0 Å². The van der Waals surface area contributed by atoms with E-state index < -0.39 is 23.7 Å². The minimum Gasteiger partial charge on any atom is -0.479 e. The summed E-state index contributed by atoms with van der Waals surface area (Å²) in [7, 11) is 0. The fourth-order valence-corrected chi connectivity index (χ4v) is 5.10. The van der Waals surface area contributed by atoms with Crippen LogP contribution in [0.4, 0.5) is 4.79 Å². The van der Waals surface area contributed by atoms with Crippen molar-refractivity contribution >= 4 is 80.1 Å². The molecule has 27 heavy (non-hydrogen) atoms. The second-order valence-corrected chi connectivity index (χ2v) is 8.93. The molecule has 1 aromatic carbocycles. The van der Waals surface area contributed by atoms with Crippen LogP contribution in [0, 0.1) is 19.5 Å². The predicted molar refractivity (Wildman–Crippen MR) is 120 cm³/mol. The van der Waals surface area contributed by atoms with Crippen LogP contribution in [0.5, 0.6) is 5.75 Å². The van der Waals surface area contributed by atoms with Crippen LogP contribution in [-0.4, -0.2) is 41.3 Å². The second kappa shape index (κ2) is 9.79. The Morgan fingerprint density at radius 1 is 1.33 bits per heavy atom. The highest BCUT2D eigenvalue weighted by molar-refractivity contribution is 14.1. The summed E-state index contributed by atoms with van der Waals surface area (Å²) in [4.78, 5) is 37.5. The minimum atomic E-state index is -0.618. The molecule has 1 saturated heterocycles. The van der Waals surface area contributed by atoms with E-state index in [9.17, 15) is 14.4 Å². The smallest absolute Gasteiger partial charge is 0.326 e. The molecule has 0 N–H and O–H groups in total. The summed E-state index contributed by atoms with van der Waals surface area (Å²) >= 11 is 5.04. The molecule has 0 bridgehead atoms. The van der Waals surface area contributed by atoms with Crippen LogP contribution in [0.25, 0.3) is 6.08 Å². The topological polar surface area (TPSA) is 72.9 Å². The van der Waals surface area contributed by atoms with Gasteiger partial charge >= 0.3 is 5.97 Å². The van der Waals surface area contributed by atoms with Gasteiger partial charge in [0.2, 0.25) is 0 Å². The summed E-state index contributed by atoms with van der Waals surface area (Å²) in [5.41, 5.74) is 0.743. The Balaban J connectivity index is 2.20.